The molecule has 2 rings (SSSR count). The van der Waals surface area contributed by atoms with E-state index >= 15 is 0 Å². The fourth-order valence-corrected chi connectivity index (χ4v) is 1.51. The van der Waals surface area contributed by atoms with Crippen molar-refractivity contribution < 1.29 is 13.5 Å². The van der Waals surface area contributed by atoms with E-state index in [1.54, 1.807) is 0 Å². The Morgan fingerprint density at radius 1 is 1.18 bits per heavy atom. The van der Waals surface area contributed by atoms with E-state index in [9.17, 15) is 8.78 Å². The number of benzene rings is 1. The van der Waals surface area contributed by atoms with Crippen LogP contribution in [0.3, 0.4) is 0 Å². The molecule has 0 saturated heterocycles. The minimum atomic E-state index is -1.09. The Balaban J connectivity index is 2.32. The number of halogens is 3. The van der Waals surface area contributed by atoms with Crippen LogP contribution in [0.5, 0.6) is 11.6 Å². The molecule has 0 amide bonds. The second kappa shape index (κ2) is 4.62. The molecule has 1 aromatic heterocycles. The van der Waals surface area contributed by atoms with E-state index < -0.39 is 11.6 Å². The standard InChI is InChI=1S/C10H6BrF2N3O/c11-5-3-6(12)10(13)7(4-5)17-9-2-1-8(14)15-16-9/h1-4H,(H2,14,15). The number of nitrogen functional groups attached to an aromatic ring is 1. The molecule has 17 heavy (non-hydrogen) atoms. The maximum absolute atomic E-state index is 13.4. The van der Waals surface area contributed by atoms with E-state index in [-0.39, 0.29) is 17.4 Å². The Hall–Kier alpha value is -1.76. The van der Waals surface area contributed by atoms with Crippen molar-refractivity contribution in [1.82, 2.24) is 10.2 Å². The Labute approximate surface area is 104 Å². The van der Waals surface area contributed by atoms with Crippen molar-refractivity contribution >= 4 is 21.7 Å². The van der Waals surface area contributed by atoms with Crippen molar-refractivity contribution in [3.8, 4) is 11.6 Å². The van der Waals surface area contributed by atoms with E-state index in [0.29, 0.717) is 4.47 Å². The van der Waals surface area contributed by atoms with Crippen molar-refractivity contribution in [3.05, 3.63) is 40.4 Å². The lowest BCUT2D eigenvalue weighted by atomic mass is 10.3. The minimum Gasteiger partial charge on any atom is -0.434 e. The monoisotopic (exact) mass is 301 g/mol. The van der Waals surface area contributed by atoms with Crippen LogP contribution in [0.1, 0.15) is 0 Å². The van der Waals surface area contributed by atoms with Crippen LogP contribution in [0.2, 0.25) is 0 Å². The number of anilines is 1. The van der Waals surface area contributed by atoms with Crippen LogP contribution in [0.25, 0.3) is 0 Å². The van der Waals surface area contributed by atoms with Gasteiger partial charge < -0.3 is 10.5 Å². The molecule has 0 aliphatic carbocycles. The predicted octanol–water partition coefficient (Wildman–Crippen LogP) is 2.89. The molecule has 0 radical (unpaired) electrons. The summed E-state index contributed by atoms with van der Waals surface area (Å²) >= 11 is 3.03. The third kappa shape index (κ3) is 2.68. The van der Waals surface area contributed by atoms with Gasteiger partial charge in [0.05, 0.1) is 0 Å². The Bertz CT molecular complexity index is 548. The maximum atomic E-state index is 13.4. The molecule has 0 atom stereocenters. The van der Waals surface area contributed by atoms with Gasteiger partial charge in [-0.3, -0.25) is 0 Å². The van der Waals surface area contributed by atoms with Gasteiger partial charge in [0.15, 0.2) is 11.6 Å². The maximum Gasteiger partial charge on any atom is 0.239 e. The highest BCUT2D eigenvalue weighted by Crippen LogP contribution is 2.28. The van der Waals surface area contributed by atoms with E-state index in [4.69, 9.17) is 10.5 Å². The number of nitrogens with two attached hydrogens (primary N) is 1. The average molecular weight is 302 g/mol. The Morgan fingerprint density at radius 3 is 2.59 bits per heavy atom. The fraction of sp³-hybridized carbons (Fsp3) is 0. The van der Waals surface area contributed by atoms with Crippen LogP contribution in [0, 0.1) is 11.6 Å². The first kappa shape index (κ1) is 11.7. The first-order valence-corrected chi connectivity index (χ1v) is 5.27. The summed E-state index contributed by atoms with van der Waals surface area (Å²) in [4.78, 5) is 0. The van der Waals surface area contributed by atoms with Gasteiger partial charge >= 0.3 is 0 Å². The molecule has 0 aliphatic rings. The number of nitrogens with zero attached hydrogens (tertiary/aromatic N) is 2. The van der Waals surface area contributed by atoms with Crippen molar-refractivity contribution in [1.29, 1.82) is 0 Å². The van der Waals surface area contributed by atoms with Gasteiger partial charge in [0.1, 0.15) is 5.82 Å². The quantitative estimate of drug-likeness (QED) is 0.867. The smallest absolute Gasteiger partial charge is 0.239 e. The number of ether oxygens (including phenoxy) is 1. The van der Waals surface area contributed by atoms with Crippen molar-refractivity contribution in [2.75, 3.05) is 5.73 Å². The highest BCUT2D eigenvalue weighted by molar-refractivity contribution is 9.10. The Kier molecular flexibility index (Phi) is 3.19. The number of hydrogen-bond acceptors (Lipinski definition) is 4. The second-order valence-electron chi connectivity index (χ2n) is 3.10. The molecule has 2 aromatic rings. The topological polar surface area (TPSA) is 61.0 Å². The molecule has 88 valence electrons. The van der Waals surface area contributed by atoms with Gasteiger partial charge in [-0.05, 0) is 18.2 Å². The van der Waals surface area contributed by atoms with E-state index in [1.165, 1.54) is 18.2 Å². The number of aromatic nitrogens is 2. The van der Waals surface area contributed by atoms with E-state index in [0.717, 1.165) is 6.07 Å². The summed E-state index contributed by atoms with van der Waals surface area (Å²) in [5, 5.41) is 7.10. The molecule has 2 N–H and O–H groups in total. The molecule has 1 aromatic carbocycles. The third-order valence-corrected chi connectivity index (χ3v) is 2.29. The molecule has 0 aliphatic heterocycles. The van der Waals surface area contributed by atoms with Crippen LogP contribution in [-0.4, -0.2) is 10.2 Å². The molecule has 1 heterocycles. The van der Waals surface area contributed by atoms with Gasteiger partial charge in [-0.25, -0.2) is 4.39 Å². The van der Waals surface area contributed by atoms with Gasteiger partial charge in [0, 0.05) is 10.5 Å². The summed E-state index contributed by atoms with van der Waals surface area (Å²) in [5.74, 6) is -2.16. The summed E-state index contributed by atoms with van der Waals surface area (Å²) in [7, 11) is 0. The third-order valence-electron chi connectivity index (χ3n) is 1.83. The summed E-state index contributed by atoms with van der Waals surface area (Å²) < 4.78 is 31.8. The molecular weight excluding hydrogens is 296 g/mol. The van der Waals surface area contributed by atoms with Crippen LogP contribution in [0.4, 0.5) is 14.6 Å². The van der Waals surface area contributed by atoms with Crippen LogP contribution in [0.15, 0.2) is 28.7 Å². The first-order chi connectivity index (χ1) is 8.06. The molecule has 4 nitrogen and oxygen atoms in total. The van der Waals surface area contributed by atoms with E-state index in [1.807, 2.05) is 0 Å². The molecule has 7 heteroatoms. The summed E-state index contributed by atoms with van der Waals surface area (Å²) in [6.45, 7) is 0. The molecule has 0 saturated carbocycles. The zero-order chi connectivity index (χ0) is 12.4. The highest BCUT2D eigenvalue weighted by atomic mass is 79.9. The van der Waals surface area contributed by atoms with Gasteiger partial charge in [0.25, 0.3) is 0 Å². The van der Waals surface area contributed by atoms with Crippen LogP contribution < -0.4 is 10.5 Å². The average Bonchev–Trinajstić information content (AvgIpc) is 2.28. The van der Waals surface area contributed by atoms with Crippen molar-refractivity contribution in [3.63, 3.8) is 0 Å². The highest BCUT2D eigenvalue weighted by Gasteiger charge is 2.12. The molecule has 0 bridgehead atoms. The molecule has 0 fully saturated rings. The zero-order valence-corrected chi connectivity index (χ0v) is 9.91. The van der Waals surface area contributed by atoms with Gasteiger partial charge in [0.2, 0.25) is 11.7 Å². The fourth-order valence-electron chi connectivity index (χ4n) is 1.10. The lowest BCUT2D eigenvalue weighted by Gasteiger charge is -2.06. The summed E-state index contributed by atoms with van der Waals surface area (Å²) in [5.41, 5.74) is 5.33. The van der Waals surface area contributed by atoms with Gasteiger partial charge in [-0.15, -0.1) is 10.2 Å². The second-order valence-corrected chi connectivity index (χ2v) is 4.01. The summed E-state index contributed by atoms with van der Waals surface area (Å²) in [6.07, 6.45) is 0. The van der Waals surface area contributed by atoms with Gasteiger partial charge in [-0.2, -0.15) is 4.39 Å². The first-order valence-electron chi connectivity index (χ1n) is 4.48. The Morgan fingerprint density at radius 2 is 1.94 bits per heavy atom. The van der Waals surface area contributed by atoms with E-state index in [2.05, 4.69) is 26.1 Å². The van der Waals surface area contributed by atoms with Crippen molar-refractivity contribution in [2.24, 2.45) is 0 Å². The van der Waals surface area contributed by atoms with Crippen LogP contribution in [-0.2, 0) is 0 Å². The SMILES string of the molecule is Nc1ccc(Oc2cc(Br)cc(F)c2F)nn1. The molecule has 0 unspecified atom stereocenters. The predicted molar refractivity (Wildman–Crippen MR) is 60.6 cm³/mol. The van der Waals surface area contributed by atoms with Crippen molar-refractivity contribution in [2.45, 2.75) is 0 Å². The number of hydrogen-bond donors (Lipinski definition) is 1. The minimum absolute atomic E-state index is 0.0237. The lowest BCUT2D eigenvalue weighted by molar-refractivity contribution is 0.401. The largest absolute Gasteiger partial charge is 0.434 e. The normalized spacial score (nSPS) is 10.3. The summed E-state index contributed by atoms with van der Waals surface area (Å²) in [6, 6.07) is 5.13. The molecule has 0 spiro atoms. The molecular formula is C10H6BrF2N3O. The lowest BCUT2D eigenvalue weighted by Crippen LogP contribution is -1.97. The number of rotatable bonds is 2. The zero-order valence-electron chi connectivity index (χ0n) is 8.32. The van der Waals surface area contributed by atoms with Gasteiger partial charge in [-0.1, -0.05) is 15.9 Å². The van der Waals surface area contributed by atoms with Crippen LogP contribution >= 0.6 is 15.9 Å².